The minimum atomic E-state index is -0.250. The number of alkyl halides is 1. The molecule has 0 amide bonds. The highest BCUT2D eigenvalue weighted by molar-refractivity contribution is 7.99. The molecule has 5 heteroatoms. The molecule has 0 spiro atoms. The number of nitrogens with two attached hydrogens (primary N) is 1. The molecule has 0 unspecified atom stereocenters. The van der Waals surface area contributed by atoms with E-state index in [0.29, 0.717) is 0 Å². The SMILES string of the molecule is CC.CCF.CN/C=C(\N)c1ccc(N2CCCC2)cc1.Cc1ccc2c(c1)SC2. The number of thioether (sulfide) groups is 1. The van der Waals surface area contributed by atoms with Crippen LogP contribution < -0.4 is 16.0 Å². The fourth-order valence-electron chi connectivity index (χ4n) is 3.07. The van der Waals surface area contributed by atoms with E-state index < -0.39 is 0 Å². The van der Waals surface area contributed by atoms with Crippen molar-refractivity contribution in [3.05, 3.63) is 65.4 Å². The predicted molar refractivity (Wildman–Crippen MR) is 133 cm³/mol. The molecule has 2 heterocycles. The lowest BCUT2D eigenvalue weighted by atomic mass is 10.1. The van der Waals surface area contributed by atoms with Gasteiger partial charge in [0.25, 0.3) is 0 Å². The third-order valence-electron chi connectivity index (χ3n) is 4.58. The summed E-state index contributed by atoms with van der Waals surface area (Å²) < 4.78 is 10.3. The molecule has 30 heavy (non-hydrogen) atoms. The molecular weight excluding hydrogens is 393 g/mol. The van der Waals surface area contributed by atoms with Gasteiger partial charge < -0.3 is 16.0 Å². The number of hydrogen-bond acceptors (Lipinski definition) is 4. The molecule has 1 saturated heterocycles. The van der Waals surface area contributed by atoms with Gasteiger partial charge in [-0.3, -0.25) is 4.39 Å². The van der Waals surface area contributed by atoms with Crippen LogP contribution in [0.2, 0.25) is 0 Å². The normalized spacial score (nSPS) is 13.9. The van der Waals surface area contributed by atoms with Gasteiger partial charge in [-0.25, -0.2) is 0 Å². The topological polar surface area (TPSA) is 41.3 Å². The molecule has 2 aliphatic rings. The Morgan fingerprint density at radius 3 is 2.17 bits per heavy atom. The maximum absolute atomic E-state index is 10.3. The Hall–Kier alpha value is -2.14. The Labute approximate surface area is 186 Å². The van der Waals surface area contributed by atoms with Crippen molar-refractivity contribution in [1.29, 1.82) is 0 Å². The molecule has 3 nitrogen and oxygen atoms in total. The van der Waals surface area contributed by atoms with Gasteiger partial charge in [0.15, 0.2) is 0 Å². The summed E-state index contributed by atoms with van der Waals surface area (Å²) in [6.07, 6.45) is 4.43. The van der Waals surface area contributed by atoms with Crippen molar-refractivity contribution in [2.75, 3.05) is 31.7 Å². The van der Waals surface area contributed by atoms with E-state index in [4.69, 9.17) is 5.73 Å². The van der Waals surface area contributed by atoms with Crippen LogP contribution in [0.1, 0.15) is 50.3 Å². The van der Waals surface area contributed by atoms with Gasteiger partial charge in [-0.1, -0.05) is 38.1 Å². The van der Waals surface area contributed by atoms with Crippen LogP contribution in [0.4, 0.5) is 10.1 Å². The van der Waals surface area contributed by atoms with Crippen LogP contribution in [0.15, 0.2) is 53.6 Å². The minimum absolute atomic E-state index is 0.250. The van der Waals surface area contributed by atoms with Crippen molar-refractivity contribution in [1.82, 2.24) is 5.32 Å². The molecule has 166 valence electrons. The van der Waals surface area contributed by atoms with E-state index >= 15 is 0 Å². The molecule has 0 saturated carbocycles. The van der Waals surface area contributed by atoms with Gasteiger partial charge >= 0.3 is 0 Å². The first kappa shape index (κ1) is 25.9. The molecule has 1 fully saturated rings. The summed E-state index contributed by atoms with van der Waals surface area (Å²) in [5.41, 5.74) is 11.9. The second-order valence-electron chi connectivity index (χ2n) is 6.80. The maximum atomic E-state index is 10.3. The molecule has 2 aliphatic heterocycles. The van der Waals surface area contributed by atoms with Gasteiger partial charge in [-0.2, -0.15) is 0 Å². The summed E-state index contributed by atoms with van der Waals surface area (Å²) in [6.45, 7) is 9.71. The summed E-state index contributed by atoms with van der Waals surface area (Å²) in [6, 6.07) is 15.1. The lowest BCUT2D eigenvalue weighted by molar-refractivity contribution is 0.527. The van der Waals surface area contributed by atoms with Gasteiger partial charge in [0.2, 0.25) is 0 Å². The van der Waals surface area contributed by atoms with Crippen LogP contribution in [-0.2, 0) is 5.75 Å². The Morgan fingerprint density at radius 1 is 1.13 bits per heavy atom. The number of anilines is 1. The third-order valence-corrected chi connectivity index (χ3v) is 5.72. The zero-order valence-electron chi connectivity index (χ0n) is 19.2. The monoisotopic (exact) mass is 431 g/mol. The largest absolute Gasteiger partial charge is 0.397 e. The van der Waals surface area contributed by atoms with Crippen LogP contribution >= 0.6 is 11.8 Å². The Bertz CT molecular complexity index is 753. The van der Waals surface area contributed by atoms with E-state index in [-0.39, 0.29) is 6.67 Å². The first-order valence-electron chi connectivity index (χ1n) is 10.9. The summed E-state index contributed by atoms with van der Waals surface area (Å²) >= 11 is 1.94. The fourth-order valence-corrected chi connectivity index (χ4v) is 3.98. The third kappa shape index (κ3) is 8.31. The van der Waals surface area contributed by atoms with Crippen LogP contribution in [0.25, 0.3) is 5.70 Å². The zero-order chi connectivity index (χ0) is 22.4. The van der Waals surface area contributed by atoms with Gasteiger partial charge in [0.1, 0.15) is 0 Å². The second-order valence-corrected chi connectivity index (χ2v) is 7.81. The summed E-state index contributed by atoms with van der Waals surface area (Å²) in [5.74, 6) is 1.22. The second kappa shape index (κ2) is 14.8. The molecule has 2 aromatic carbocycles. The number of nitrogens with one attached hydrogen (secondary N) is 1. The number of aryl methyl sites for hydroxylation is 1. The van der Waals surface area contributed by atoms with Crippen LogP contribution in [0.3, 0.4) is 0 Å². The molecule has 0 aliphatic carbocycles. The Morgan fingerprint density at radius 2 is 1.73 bits per heavy atom. The van der Waals surface area contributed by atoms with Crippen LogP contribution in [0, 0.1) is 6.92 Å². The lowest BCUT2D eigenvalue weighted by Crippen LogP contribution is -2.17. The summed E-state index contributed by atoms with van der Waals surface area (Å²) in [5, 5.41) is 2.94. The molecule has 0 atom stereocenters. The molecule has 3 N–H and O–H groups in total. The zero-order valence-corrected chi connectivity index (χ0v) is 20.0. The first-order chi connectivity index (χ1) is 14.6. The number of rotatable bonds is 3. The smallest absolute Gasteiger partial charge is 0.0866 e. The maximum Gasteiger partial charge on any atom is 0.0866 e. The number of benzene rings is 2. The Kier molecular flexibility index (Phi) is 12.8. The van der Waals surface area contributed by atoms with E-state index in [1.165, 1.54) is 60.3 Å². The first-order valence-corrected chi connectivity index (χ1v) is 11.8. The molecule has 4 rings (SSSR count). The van der Waals surface area contributed by atoms with Crippen molar-refractivity contribution in [2.24, 2.45) is 5.73 Å². The number of hydrogen-bond donors (Lipinski definition) is 2. The van der Waals surface area contributed by atoms with Crippen LogP contribution in [0.5, 0.6) is 0 Å². The van der Waals surface area contributed by atoms with Crippen molar-refractivity contribution in [3.8, 4) is 0 Å². The fraction of sp³-hybridized carbons (Fsp3) is 0.440. The highest BCUT2D eigenvalue weighted by Gasteiger charge is 2.12. The van der Waals surface area contributed by atoms with Gasteiger partial charge in [-0.15, -0.1) is 11.8 Å². The van der Waals surface area contributed by atoms with E-state index in [1.807, 2.05) is 38.9 Å². The lowest BCUT2D eigenvalue weighted by Gasteiger charge is -2.17. The highest BCUT2D eigenvalue weighted by Crippen LogP contribution is 2.37. The van der Waals surface area contributed by atoms with Crippen LogP contribution in [-0.4, -0.2) is 26.8 Å². The minimum Gasteiger partial charge on any atom is -0.397 e. The molecule has 0 bridgehead atoms. The molecule has 0 aromatic heterocycles. The highest BCUT2D eigenvalue weighted by atomic mass is 32.2. The molecule has 2 aromatic rings. The number of halogens is 1. The quantitative estimate of drug-likeness (QED) is 0.593. The van der Waals surface area contributed by atoms with Gasteiger partial charge in [-0.05, 0) is 61.6 Å². The average Bonchev–Trinajstić information content (AvgIpc) is 3.28. The van der Waals surface area contributed by atoms with E-state index in [0.717, 1.165) is 11.3 Å². The van der Waals surface area contributed by atoms with E-state index in [9.17, 15) is 4.39 Å². The van der Waals surface area contributed by atoms with Gasteiger partial charge in [0.05, 0.1) is 12.4 Å². The standard InChI is InChI=1S/C13H19N3.C8H8S.C2H5F.C2H6/c1-15-10-13(14)11-4-6-12(7-5-11)16-8-2-3-9-16;1-6-2-3-7-5-9-8(7)4-6;1-2-3;1-2/h4-7,10,15H,2-3,8-9,14H2,1H3;2-4H,5H2,1H3;2H2,1H3;1-2H3/b13-10-;;;. The molecule has 0 radical (unpaired) electrons. The van der Waals surface area contributed by atoms with Crippen molar-refractivity contribution >= 4 is 23.1 Å². The average molecular weight is 432 g/mol. The van der Waals surface area contributed by atoms with Crippen molar-refractivity contribution in [3.63, 3.8) is 0 Å². The number of nitrogens with zero attached hydrogens (tertiary/aromatic N) is 1. The Balaban J connectivity index is 0.000000270. The summed E-state index contributed by atoms with van der Waals surface area (Å²) in [4.78, 5) is 3.90. The van der Waals surface area contributed by atoms with Gasteiger partial charge in [0, 0.05) is 42.7 Å². The predicted octanol–water partition coefficient (Wildman–Crippen LogP) is 6.37. The molecular formula is C25H38FN3S. The van der Waals surface area contributed by atoms with Crippen molar-refractivity contribution < 1.29 is 4.39 Å². The van der Waals surface area contributed by atoms with E-state index in [1.54, 1.807) is 0 Å². The number of fused-ring (bicyclic) bond motifs is 1. The van der Waals surface area contributed by atoms with E-state index in [2.05, 4.69) is 59.6 Å². The summed E-state index contributed by atoms with van der Waals surface area (Å²) in [7, 11) is 1.85. The van der Waals surface area contributed by atoms with Crippen molar-refractivity contribution in [2.45, 2.75) is 51.2 Å².